The number of fused-ring (bicyclic) bond motifs is 1. The highest BCUT2D eigenvalue weighted by Gasteiger charge is 2.12. The van der Waals surface area contributed by atoms with Crippen molar-refractivity contribution in [1.82, 2.24) is 19.5 Å². The summed E-state index contributed by atoms with van der Waals surface area (Å²) in [7, 11) is 0. The van der Waals surface area contributed by atoms with E-state index in [0.29, 0.717) is 17.0 Å². The van der Waals surface area contributed by atoms with Gasteiger partial charge in [0.2, 0.25) is 0 Å². The summed E-state index contributed by atoms with van der Waals surface area (Å²) >= 11 is 0. The first-order valence-corrected chi connectivity index (χ1v) is 7.05. The molecule has 112 valence electrons. The number of hydrogen-bond donors (Lipinski definition) is 2. The van der Waals surface area contributed by atoms with Crippen molar-refractivity contribution in [2.75, 3.05) is 0 Å². The summed E-state index contributed by atoms with van der Waals surface area (Å²) in [5.41, 5.74) is 2.61. The van der Waals surface area contributed by atoms with E-state index >= 15 is 0 Å². The topological polar surface area (TPSA) is 83.8 Å². The van der Waals surface area contributed by atoms with Crippen LogP contribution in [0.25, 0.3) is 28.2 Å². The molecule has 6 heteroatoms. The fourth-order valence-corrected chi connectivity index (χ4v) is 2.50. The highest BCUT2D eigenvalue weighted by atomic mass is 16.3. The molecule has 23 heavy (non-hydrogen) atoms. The lowest BCUT2D eigenvalue weighted by atomic mass is 10.1. The van der Waals surface area contributed by atoms with Crippen molar-refractivity contribution >= 4 is 11.3 Å². The van der Waals surface area contributed by atoms with Crippen LogP contribution in [0.1, 0.15) is 0 Å². The minimum Gasteiger partial charge on any atom is -0.508 e. The van der Waals surface area contributed by atoms with Crippen molar-refractivity contribution in [1.29, 1.82) is 0 Å². The quantitative estimate of drug-likeness (QED) is 0.596. The van der Waals surface area contributed by atoms with Gasteiger partial charge in [0, 0.05) is 5.56 Å². The molecule has 0 saturated heterocycles. The Bertz CT molecular complexity index is 1050. The first-order chi connectivity index (χ1) is 11.2. The third-order valence-electron chi connectivity index (χ3n) is 3.55. The van der Waals surface area contributed by atoms with E-state index in [4.69, 9.17) is 0 Å². The molecule has 2 N–H and O–H groups in total. The SMILES string of the molecule is O=c1[nH]c2nc(-c3cccc(O)c3)cnc2n1-c1ccccc1. The number of aromatic amines is 1. The molecule has 4 rings (SSSR count). The van der Waals surface area contributed by atoms with Gasteiger partial charge in [-0.05, 0) is 24.3 Å². The summed E-state index contributed by atoms with van der Waals surface area (Å²) in [4.78, 5) is 23.8. The molecule has 0 amide bonds. The molecule has 4 aromatic rings. The molecule has 2 aromatic heterocycles. The largest absolute Gasteiger partial charge is 0.508 e. The Labute approximate surface area is 130 Å². The van der Waals surface area contributed by atoms with Crippen molar-refractivity contribution in [3.63, 3.8) is 0 Å². The number of phenolic OH excluding ortho intramolecular Hbond substituents is 1. The minimum absolute atomic E-state index is 0.153. The van der Waals surface area contributed by atoms with Gasteiger partial charge in [-0.3, -0.25) is 4.98 Å². The van der Waals surface area contributed by atoms with E-state index in [1.807, 2.05) is 36.4 Å². The summed E-state index contributed by atoms with van der Waals surface area (Å²) in [6.45, 7) is 0. The Morgan fingerprint density at radius 2 is 1.87 bits per heavy atom. The predicted molar refractivity (Wildman–Crippen MR) is 86.6 cm³/mol. The lowest BCUT2D eigenvalue weighted by molar-refractivity contribution is 0.475. The van der Waals surface area contributed by atoms with Crippen molar-refractivity contribution in [2.24, 2.45) is 0 Å². The fourth-order valence-electron chi connectivity index (χ4n) is 2.50. The third kappa shape index (κ3) is 2.26. The minimum atomic E-state index is -0.292. The van der Waals surface area contributed by atoms with Crippen LogP contribution in [0.2, 0.25) is 0 Å². The molecule has 0 aliphatic rings. The van der Waals surface area contributed by atoms with Crippen LogP contribution in [0.5, 0.6) is 5.75 Å². The van der Waals surface area contributed by atoms with Crippen LogP contribution in [0, 0.1) is 0 Å². The number of nitrogens with one attached hydrogen (secondary N) is 1. The van der Waals surface area contributed by atoms with Crippen molar-refractivity contribution in [3.05, 3.63) is 71.3 Å². The normalized spacial score (nSPS) is 11.0. The third-order valence-corrected chi connectivity index (χ3v) is 3.55. The highest BCUT2D eigenvalue weighted by molar-refractivity contribution is 5.73. The maximum absolute atomic E-state index is 12.2. The van der Waals surface area contributed by atoms with E-state index < -0.39 is 0 Å². The van der Waals surface area contributed by atoms with Crippen LogP contribution < -0.4 is 5.69 Å². The molecule has 0 unspecified atom stereocenters. The number of phenols is 1. The Morgan fingerprint density at radius 3 is 2.65 bits per heavy atom. The smallest absolute Gasteiger partial charge is 0.333 e. The van der Waals surface area contributed by atoms with Crippen LogP contribution in [-0.2, 0) is 0 Å². The standard InChI is InChI=1S/C17H12N4O2/c22-13-8-4-5-11(9-13)14-10-18-16-15(19-14)20-17(23)21(16)12-6-2-1-3-7-12/h1-10,22H,(H,19,20,23). The molecule has 0 bridgehead atoms. The van der Waals surface area contributed by atoms with Gasteiger partial charge in [-0.1, -0.05) is 30.3 Å². The average molecular weight is 304 g/mol. The lowest BCUT2D eigenvalue weighted by Crippen LogP contribution is -2.14. The first kappa shape index (κ1) is 13.3. The van der Waals surface area contributed by atoms with Gasteiger partial charge in [0.05, 0.1) is 17.6 Å². The Balaban J connectivity index is 1.91. The van der Waals surface area contributed by atoms with Crippen molar-refractivity contribution in [3.8, 4) is 22.7 Å². The van der Waals surface area contributed by atoms with Crippen LogP contribution in [0.4, 0.5) is 0 Å². The molecule has 0 radical (unpaired) electrons. The van der Waals surface area contributed by atoms with Crippen LogP contribution in [-0.4, -0.2) is 24.6 Å². The molecule has 6 nitrogen and oxygen atoms in total. The lowest BCUT2D eigenvalue weighted by Gasteiger charge is -2.03. The number of benzene rings is 2. The number of aromatic hydroxyl groups is 1. The van der Waals surface area contributed by atoms with Gasteiger partial charge in [0.25, 0.3) is 0 Å². The monoisotopic (exact) mass is 304 g/mol. The average Bonchev–Trinajstić information content (AvgIpc) is 2.90. The van der Waals surface area contributed by atoms with Crippen LogP contribution >= 0.6 is 0 Å². The van der Waals surface area contributed by atoms with Gasteiger partial charge >= 0.3 is 5.69 Å². The van der Waals surface area contributed by atoms with E-state index in [9.17, 15) is 9.90 Å². The van der Waals surface area contributed by atoms with Crippen molar-refractivity contribution < 1.29 is 5.11 Å². The zero-order valence-corrected chi connectivity index (χ0v) is 12.0. The highest BCUT2D eigenvalue weighted by Crippen LogP contribution is 2.22. The first-order valence-electron chi connectivity index (χ1n) is 7.05. The summed E-state index contributed by atoms with van der Waals surface area (Å²) in [5, 5.41) is 9.57. The number of H-pyrrole nitrogens is 1. The maximum Gasteiger partial charge on any atom is 0.333 e. The van der Waals surface area contributed by atoms with E-state index in [1.165, 1.54) is 4.57 Å². The second-order valence-corrected chi connectivity index (χ2v) is 5.08. The van der Waals surface area contributed by atoms with Crippen LogP contribution in [0.15, 0.2) is 65.6 Å². The van der Waals surface area contributed by atoms with Gasteiger partial charge in [-0.2, -0.15) is 0 Å². The summed E-state index contributed by atoms with van der Waals surface area (Å²) < 4.78 is 1.48. The number of para-hydroxylation sites is 1. The molecule has 0 spiro atoms. The molecule has 0 atom stereocenters. The Kier molecular flexibility index (Phi) is 2.94. The molecular weight excluding hydrogens is 292 g/mol. The zero-order valence-electron chi connectivity index (χ0n) is 12.0. The second kappa shape index (κ2) is 5.10. The molecule has 0 aliphatic heterocycles. The Morgan fingerprint density at radius 1 is 1.04 bits per heavy atom. The maximum atomic E-state index is 12.2. The van der Waals surface area contributed by atoms with Crippen LogP contribution in [0.3, 0.4) is 0 Å². The van der Waals surface area contributed by atoms with E-state index in [2.05, 4.69) is 15.0 Å². The summed E-state index contributed by atoms with van der Waals surface area (Å²) in [6, 6.07) is 16.0. The van der Waals surface area contributed by atoms with E-state index in [-0.39, 0.29) is 11.4 Å². The number of imidazole rings is 1. The zero-order chi connectivity index (χ0) is 15.8. The van der Waals surface area contributed by atoms with E-state index in [0.717, 1.165) is 11.3 Å². The number of rotatable bonds is 2. The fraction of sp³-hybridized carbons (Fsp3) is 0. The summed E-state index contributed by atoms with van der Waals surface area (Å²) in [6.07, 6.45) is 1.59. The molecule has 0 aliphatic carbocycles. The van der Waals surface area contributed by atoms with Gasteiger partial charge < -0.3 is 5.11 Å². The predicted octanol–water partition coefficient (Wildman–Crippen LogP) is 2.48. The molecule has 0 saturated carbocycles. The second-order valence-electron chi connectivity index (χ2n) is 5.08. The molecular formula is C17H12N4O2. The summed E-state index contributed by atoms with van der Waals surface area (Å²) in [5.74, 6) is 0.153. The van der Waals surface area contributed by atoms with Gasteiger partial charge in [0.1, 0.15) is 5.75 Å². The Hall–Kier alpha value is -3.41. The number of hydrogen-bond acceptors (Lipinski definition) is 4. The van der Waals surface area contributed by atoms with E-state index in [1.54, 1.807) is 24.4 Å². The van der Waals surface area contributed by atoms with Gasteiger partial charge in [0.15, 0.2) is 11.3 Å². The number of nitrogens with zero attached hydrogens (tertiary/aromatic N) is 3. The molecule has 2 aromatic carbocycles. The van der Waals surface area contributed by atoms with Gasteiger partial charge in [-0.15, -0.1) is 0 Å². The van der Waals surface area contributed by atoms with Gasteiger partial charge in [-0.25, -0.2) is 19.3 Å². The number of aromatic nitrogens is 4. The van der Waals surface area contributed by atoms with Crippen molar-refractivity contribution in [2.45, 2.75) is 0 Å². The molecule has 0 fully saturated rings. The molecule has 2 heterocycles.